The van der Waals surface area contributed by atoms with Gasteiger partial charge in [-0.15, -0.1) is 0 Å². The molecule has 6 nitrogen and oxygen atoms in total. The highest BCUT2D eigenvalue weighted by atomic mass is 16.3. The van der Waals surface area contributed by atoms with E-state index in [9.17, 15) is 9.90 Å². The molecule has 2 aliphatic heterocycles. The number of nitrogens with zero attached hydrogens (tertiary/aromatic N) is 4. The zero-order valence-electron chi connectivity index (χ0n) is 12.0. The molecule has 0 N–H and O–H groups in total. The normalized spacial score (nSPS) is 18.4. The molecule has 0 bridgehead atoms. The average molecular weight is 303 g/mol. The van der Waals surface area contributed by atoms with Crippen molar-refractivity contribution in [3.8, 4) is 5.88 Å². The van der Waals surface area contributed by atoms with Gasteiger partial charge in [-0.3, -0.25) is 9.69 Å². The van der Waals surface area contributed by atoms with Gasteiger partial charge in [0.15, 0.2) is 0 Å². The Balaban J connectivity index is 1.67. The van der Waals surface area contributed by atoms with Crippen LogP contribution in [0.3, 0.4) is 0 Å². The molecule has 0 spiro atoms. The number of rotatable bonds is 2. The third-order valence-corrected chi connectivity index (χ3v) is 3.57. The molecule has 112 valence electrons. The van der Waals surface area contributed by atoms with Gasteiger partial charge in [0.05, 0.1) is 5.69 Å². The molecular weight excluding hydrogens is 292 g/mol. The number of allylic oxidation sites excluding steroid dienone is 4. The highest BCUT2D eigenvalue weighted by molar-refractivity contribution is 6.15. The SMILES string of the molecule is O=C1N=C2C=CC=CN2C1=CC=Cc1c([O-])nc2ccccn12. The van der Waals surface area contributed by atoms with Gasteiger partial charge in [0.1, 0.15) is 17.2 Å². The number of aliphatic imine (C=N–C) groups is 1. The van der Waals surface area contributed by atoms with Crippen molar-refractivity contribution < 1.29 is 9.90 Å². The van der Waals surface area contributed by atoms with Crippen LogP contribution in [0.25, 0.3) is 11.7 Å². The summed E-state index contributed by atoms with van der Waals surface area (Å²) in [6.45, 7) is 0. The van der Waals surface area contributed by atoms with E-state index in [1.807, 2.05) is 24.3 Å². The summed E-state index contributed by atoms with van der Waals surface area (Å²) in [4.78, 5) is 21.6. The first-order valence-electron chi connectivity index (χ1n) is 7.03. The lowest BCUT2D eigenvalue weighted by Crippen LogP contribution is -2.20. The van der Waals surface area contributed by atoms with Crippen LogP contribution in [-0.4, -0.2) is 26.0 Å². The van der Waals surface area contributed by atoms with Gasteiger partial charge in [-0.2, -0.15) is 4.99 Å². The van der Waals surface area contributed by atoms with E-state index in [0.717, 1.165) is 0 Å². The highest BCUT2D eigenvalue weighted by Gasteiger charge is 2.26. The third-order valence-electron chi connectivity index (χ3n) is 3.57. The van der Waals surface area contributed by atoms with Crippen LogP contribution in [0.15, 0.2) is 71.7 Å². The molecule has 2 aromatic heterocycles. The highest BCUT2D eigenvalue weighted by Crippen LogP contribution is 2.21. The molecule has 1 amide bonds. The summed E-state index contributed by atoms with van der Waals surface area (Å²) in [6, 6.07) is 5.42. The topological polar surface area (TPSA) is 73.0 Å². The molecular formula is C17H11N4O2-. The Morgan fingerprint density at radius 3 is 3.04 bits per heavy atom. The van der Waals surface area contributed by atoms with Crippen molar-refractivity contribution >= 4 is 23.5 Å². The molecule has 2 aromatic rings. The van der Waals surface area contributed by atoms with Crippen LogP contribution in [0.1, 0.15) is 5.69 Å². The Bertz CT molecular complexity index is 960. The minimum absolute atomic E-state index is 0.304. The maximum atomic E-state index is 11.9. The van der Waals surface area contributed by atoms with Crippen molar-refractivity contribution in [3.63, 3.8) is 0 Å². The van der Waals surface area contributed by atoms with Crippen LogP contribution in [0.5, 0.6) is 5.88 Å². The second-order valence-electron chi connectivity index (χ2n) is 4.99. The van der Waals surface area contributed by atoms with Crippen LogP contribution in [-0.2, 0) is 4.79 Å². The summed E-state index contributed by atoms with van der Waals surface area (Å²) in [5.74, 6) is -0.0147. The van der Waals surface area contributed by atoms with Gasteiger partial charge in [0.2, 0.25) is 0 Å². The lowest BCUT2D eigenvalue weighted by Gasteiger charge is -2.15. The maximum Gasteiger partial charge on any atom is 0.295 e. The molecule has 0 aromatic carbocycles. The largest absolute Gasteiger partial charge is 0.857 e. The van der Waals surface area contributed by atoms with E-state index in [2.05, 4.69) is 9.98 Å². The van der Waals surface area contributed by atoms with Crippen molar-refractivity contribution in [2.45, 2.75) is 0 Å². The number of hydrogen-bond acceptors (Lipinski definition) is 4. The fourth-order valence-corrected chi connectivity index (χ4v) is 2.52. The first-order valence-corrected chi connectivity index (χ1v) is 7.03. The van der Waals surface area contributed by atoms with Crippen LogP contribution < -0.4 is 5.11 Å². The van der Waals surface area contributed by atoms with Gasteiger partial charge in [-0.25, -0.2) is 4.98 Å². The minimum Gasteiger partial charge on any atom is -0.857 e. The van der Waals surface area contributed by atoms with E-state index in [1.165, 1.54) is 0 Å². The number of pyridine rings is 1. The molecule has 6 heteroatoms. The fourth-order valence-electron chi connectivity index (χ4n) is 2.52. The monoisotopic (exact) mass is 303 g/mol. The fraction of sp³-hybridized carbons (Fsp3) is 0. The molecule has 0 fully saturated rings. The van der Waals surface area contributed by atoms with E-state index >= 15 is 0 Å². The van der Waals surface area contributed by atoms with E-state index < -0.39 is 0 Å². The van der Waals surface area contributed by atoms with Gasteiger partial charge in [0, 0.05) is 18.3 Å². The number of aromatic nitrogens is 2. The standard InChI is InChI=1S/C17H12N4O2/c22-16-12(20-10-3-1-8-14(20)18-16)6-5-7-13-17(23)19-15-9-2-4-11-21(13)15/h1-11,22H/p-1. The van der Waals surface area contributed by atoms with Crippen molar-refractivity contribution in [1.82, 2.24) is 14.3 Å². The van der Waals surface area contributed by atoms with Crippen molar-refractivity contribution in [1.29, 1.82) is 0 Å². The molecule has 4 heterocycles. The van der Waals surface area contributed by atoms with Crippen molar-refractivity contribution in [2.24, 2.45) is 4.99 Å². The Hall–Kier alpha value is -3.41. The number of carbonyl (C=O) groups is 1. The van der Waals surface area contributed by atoms with Gasteiger partial charge in [-0.05, 0) is 36.4 Å². The number of amidine groups is 1. The number of fused-ring (bicyclic) bond motifs is 2. The quantitative estimate of drug-likeness (QED) is 0.790. The summed E-state index contributed by atoms with van der Waals surface area (Å²) in [5, 5.41) is 11.9. The first-order chi connectivity index (χ1) is 11.2. The Labute approximate surface area is 131 Å². The second kappa shape index (κ2) is 5.10. The van der Waals surface area contributed by atoms with Crippen molar-refractivity contribution in [2.75, 3.05) is 0 Å². The van der Waals surface area contributed by atoms with E-state index in [-0.39, 0.29) is 11.8 Å². The molecule has 0 saturated carbocycles. The van der Waals surface area contributed by atoms with Gasteiger partial charge in [-0.1, -0.05) is 18.2 Å². The lowest BCUT2D eigenvalue weighted by atomic mass is 10.3. The van der Waals surface area contributed by atoms with E-state index in [1.54, 1.807) is 52.1 Å². The predicted octanol–water partition coefficient (Wildman–Crippen LogP) is 1.63. The summed E-state index contributed by atoms with van der Waals surface area (Å²) < 4.78 is 1.71. The molecule has 0 unspecified atom stereocenters. The minimum atomic E-state index is -0.304. The Kier molecular flexibility index (Phi) is 2.94. The Morgan fingerprint density at radius 2 is 2.13 bits per heavy atom. The number of carbonyl (C=O) groups excluding carboxylic acids is 1. The smallest absolute Gasteiger partial charge is 0.295 e. The van der Waals surface area contributed by atoms with Gasteiger partial charge in [0.25, 0.3) is 5.91 Å². The summed E-state index contributed by atoms with van der Waals surface area (Å²) in [5.41, 5.74) is 1.48. The number of hydrogen-bond donors (Lipinski definition) is 0. The van der Waals surface area contributed by atoms with E-state index in [4.69, 9.17) is 0 Å². The number of imidazole rings is 1. The number of amides is 1. The van der Waals surface area contributed by atoms with Gasteiger partial charge >= 0.3 is 0 Å². The van der Waals surface area contributed by atoms with Crippen LogP contribution in [0.4, 0.5) is 0 Å². The Morgan fingerprint density at radius 1 is 1.22 bits per heavy atom. The molecule has 0 atom stereocenters. The second-order valence-corrected chi connectivity index (χ2v) is 4.99. The lowest BCUT2D eigenvalue weighted by molar-refractivity contribution is -0.274. The zero-order chi connectivity index (χ0) is 15.8. The van der Waals surface area contributed by atoms with Crippen LogP contribution in [0, 0.1) is 0 Å². The molecule has 0 radical (unpaired) electrons. The van der Waals surface area contributed by atoms with Crippen LogP contribution in [0.2, 0.25) is 0 Å². The first kappa shape index (κ1) is 13.3. The summed E-state index contributed by atoms with van der Waals surface area (Å²) in [6.07, 6.45) is 13.9. The molecule has 4 rings (SSSR count). The summed E-state index contributed by atoms with van der Waals surface area (Å²) in [7, 11) is 0. The van der Waals surface area contributed by atoms with Crippen molar-refractivity contribution in [3.05, 3.63) is 72.4 Å². The molecule has 23 heavy (non-hydrogen) atoms. The van der Waals surface area contributed by atoms with Gasteiger partial charge < -0.3 is 9.51 Å². The third kappa shape index (κ3) is 2.17. The summed E-state index contributed by atoms with van der Waals surface area (Å²) >= 11 is 0. The van der Waals surface area contributed by atoms with Crippen LogP contribution >= 0.6 is 0 Å². The predicted molar refractivity (Wildman–Crippen MR) is 84.3 cm³/mol. The zero-order valence-corrected chi connectivity index (χ0v) is 12.0. The van der Waals surface area contributed by atoms with E-state index in [0.29, 0.717) is 22.9 Å². The molecule has 0 aliphatic carbocycles. The molecule has 0 saturated heterocycles. The average Bonchev–Trinajstić information content (AvgIpc) is 3.04. The maximum absolute atomic E-state index is 11.9. The molecule has 2 aliphatic rings.